The van der Waals surface area contributed by atoms with Gasteiger partial charge in [0, 0.05) is 11.5 Å². The molecule has 0 bridgehead atoms. The Morgan fingerprint density at radius 2 is 1.52 bits per heavy atom. The van der Waals surface area contributed by atoms with Crippen molar-refractivity contribution in [1.82, 2.24) is 0 Å². The number of fused-ring (bicyclic) bond motifs is 1. The Balaban J connectivity index is 1.55. The van der Waals surface area contributed by atoms with Crippen LogP contribution in [0.15, 0.2) is 60.7 Å². The van der Waals surface area contributed by atoms with E-state index in [2.05, 4.69) is 15.9 Å². The second kappa shape index (κ2) is 6.51. The number of methoxy groups -OCH3 is 1. The van der Waals surface area contributed by atoms with Gasteiger partial charge in [-0.3, -0.25) is 4.90 Å². The number of benzene rings is 2. The summed E-state index contributed by atoms with van der Waals surface area (Å²) in [4.78, 5) is 4.47. The third-order valence-corrected chi connectivity index (χ3v) is 4.81. The largest absolute Gasteiger partial charge is 0.710 e. The van der Waals surface area contributed by atoms with Crippen LogP contribution in [0.5, 0.6) is 5.75 Å². The Bertz CT molecular complexity index is 889. The Kier molecular flexibility index (Phi) is 4.06. The zero-order valence-electron chi connectivity index (χ0n) is 14.3. The highest BCUT2D eigenvalue weighted by atomic mass is 16.5. The van der Waals surface area contributed by atoms with Crippen LogP contribution in [-0.4, -0.2) is 33.3 Å². The van der Waals surface area contributed by atoms with E-state index >= 15 is 0 Å². The van der Waals surface area contributed by atoms with Crippen LogP contribution in [0, 0.1) is 5.21 Å². The molecule has 0 saturated carbocycles. The number of pyridine rings is 1. The first kappa shape index (κ1) is 15.6. The molecule has 4 rings (SSSR count). The molecule has 0 radical (unpaired) electrons. The highest BCUT2D eigenvalue weighted by molar-refractivity contribution is 5.76. The summed E-state index contributed by atoms with van der Waals surface area (Å²) in [5.74, 6) is 1.61. The van der Waals surface area contributed by atoms with E-state index < -0.39 is 0 Å². The van der Waals surface area contributed by atoms with Crippen LogP contribution >= 0.6 is 0 Å². The van der Waals surface area contributed by atoms with E-state index in [4.69, 9.17) is 4.74 Å². The molecular formula is C20H21N3O2. The minimum atomic E-state index is 0.715. The van der Waals surface area contributed by atoms with Gasteiger partial charge in [0.05, 0.1) is 25.9 Å². The molecule has 2 heterocycles. The molecule has 0 N–H and O–H groups in total. The number of nitrogens with zero attached hydrogens (tertiary/aromatic N) is 3. The molecule has 0 atom stereocenters. The fraction of sp³-hybridized carbons (Fsp3) is 0.250. The third-order valence-electron chi connectivity index (χ3n) is 4.81. The maximum atomic E-state index is 12.7. The zero-order valence-corrected chi connectivity index (χ0v) is 14.3. The summed E-state index contributed by atoms with van der Waals surface area (Å²) in [7, 11) is 1.70. The second-order valence-electron chi connectivity index (χ2n) is 6.19. The molecule has 1 saturated heterocycles. The quantitative estimate of drug-likeness (QED) is 0.545. The first-order valence-corrected chi connectivity index (χ1v) is 8.52. The lowest BCUT2D eigenvalue weighted by Gasteiger charge is -2.34. The summed E-state index contributed by atoms with van der Waals surface area (Å²) in [6.45, 7) is 3.32. The summed E-state index contributed by atoms with van der Waals surface area (Å²) in [6.07, 6.45) is 0. The van der Waals surface area contributed by atoms with Crippen molar-refractivity contribution < 1.29 is 9.47 Å². The smallest absolute Gasteiger partial charge is 0.280 e. The number of hydrogen-bond acceptors (Lipinski definition) is 4. The van der Waals surface area contributed by atoms with Crippen molar-refractivity contribution in [3.63, 3.8) is 0 Å². The van der Waals surface area contributed by atoms with Gasteiger partial charge in [0.1, 0.15) is 24.4 Å². The average Bonchev–Trinajstić information content (AvgIpc) is 2.69. The molecule has 1 aliphatic rings. The summed E-state index contributed by atoms with van der Waals surface area (Å²) in [5.41, 5.74) is 1.82. The summed E-state index contributed by atoms with van der Waals surface area (Å²) >= 11 is 0. The fourth-order valence-corrected chi connectivity index (χ4v) is 3.47. The number of aromatic nitrogens is 1. The van der Waals surface area contributed by atoms with Gasteiger partial charge in [-0.15, -0.1) is 0 Å². The van der Waals surface area contributed by atoms with Crippen LogP contribution in [0.3, 0.4) is 0 Å². The van der Waals surface area contributed by atoms with Crippen molar-refractivity contribution in [3.8, 4) is 5.75 Å². The number of anilines is 2. The molecule has 1 fully saturated rings. The second-order valence-corrected chi connectivity index (χ2v) is 6.19. The summed E-state index contributed by atoms with van der Waals surface area (Å²) < 4.78 is 6.52. The number of ether oxygens (including phenoxy) is 1. The fourth-order valence-electron chi connectivity index (χ4n) is 3.47. The van der Waals surface area contributed by atoms with Crippen LogP contribution in [0.25, 0.3) is 10.9 Å². The molecule has 1 aliphatic heterocycles. The van der Waals surface area contributed by atoms with E-state index in [1.807, 2.05) is 54.6 Å². The topological polar surface area (TPSA) is 42.6 Å². The van der Waals surface area contributed by atoms with Crippen molar-refractivity contribution >= 4 is 22.4 Å². The van der Waals surface area contributed by atoms with Gasteiger partial charge in [0.25, 0.3) is 5.82 Å². The molecule has 5 heteroatoms. The summed E-state index contributed by atoms with van der Waals surface area (Å²) in [5, 5.41) is 13.7. The molecule has 0 amide bonds. The standard InChI is InChI=1S/C20H21N3O2/c1-25-19-9-5-4-8-18(19)21-12-14-22(15-13-21)20-11-10-16-6-2-3-7-17(16)23(20)24/h2-11H,12-15H2,1H3. The number of rotatable bonds is 3. The Morgan fingerprint density at radius 3 is 2.32 bits per heavy atom. The monoisotopic (exact) mass is 335 g/mol. The lowest BCUT2D eigenvalue weighted by Crippen LogP contribution is -2.50. The molecule has 3 aromatic rings. The van der Waals surface area contributed by atoms with E-state index in [1.165, 1.54) is 0 Å². The molecule has 5 nitrogen and oxygen atoms in total. The molecule has 128 valence electrons. The van der Waals surface area contributed by atoms with Gasteiger partial charge in [-0.05, 0) is 24.3 Å². The maximum absolute atomic E-state index is 12.7. The SMILES string of the molecule is COc1ccccc1N1CCN(c2ccc3ccccc3[n+]2[O-])CC1. The van der Waals surface area contributed by atoms with E-state index in [9.17, 15) is 5.21 Å². The number of piperazine rings is 1. The van der Waals surface area contributed by atoms with Crippen LogP contribution in [0.2, 0.25) is 0 Å². The van der Waals surface area contributed by atoms with Crippen molar-refractivity contribution in [1.29, 1.82) is 0 Å². The predicted octanol–water partition coefficient (Wildman–Crippen LogP) is 2.81. The predicted molar refractivity (Wildman–Crippen MR) is 100 cm³/mol. The average molecular weight is 335 g/mol. The van der Waals surface area contributed by atoms with Crippen molar-refractivity contribution in [2.24, 2.45) is 0 Å². The first-order chi connectivity index (χ1) is 12.3. The van der Waals surface area contributed by atoms with Crippen LogP contribution in [-0.2, 0) is 0 Å². The van der Waals surface area contributed by atoms with Gasteiger partial charge in [-0.2, -0.15) is 0 Å². The van der Waals surface area contributed by atoms with E-state index in [-0.39, 0.29) is 0 Å². The van der Waals surface area contributed by atoms with Crippen molar-refractivity contribution in [2.45, 2.75) is 0 Å². The van der Waals surface area contributed by atoms with Gasteiger partial charge in [0.15, 0.2) is 0 Å². The van der Waals surface area contributed by atoms with Gasteiger partial charge < -0.3 is 14.8 Å². The van der Waals surface area contributed by atoms with Crippen LogP contribution in [0.4, 0.5) is 11.5 Å². The molecule has 0 unspecified atom stereocenters. The molecule has 1 aromatic heterocycles. The lowest BCUT2D eigenvalue weighted by atomic mass is 10.2. The highest BCUT2D eigenvalue weighted by Gasteiger charge is 2.26. The lowest BCUT2D eigenvalue weighted by molar-refractivity contribution is -0.563. The minimum Gasteiger partial charge on any atom is -0.710 e. The van der Waals surface area contributed by atoms with E-state index in [0.29, 0.717) is 5.52 Å². The molecule has 2 aromatic carbocycles. The van der Waals surface area contributed by atoms with E-state index in [1.54, 1.807) is 7.11 Å². The third kappa shape index (κ3) is 2.82. The van der Waals surface area contributed by atoms with Gasteiger partial charge >= 0.3 is 0 Å². The van der Waals surface area contributed by atoms with Gasteiger partial charge in [0.2, 0.25) is 0 Å². The molecule has 0 spiro atoms. The van der Waals surface area contributed by atoms with Crippen molar-refractivity contribution in [3.05, 3.63) is 65.9 Å². The van der Waals surface area contributed by atoms with Crippen molar-refractivity contribution in [2.75, 3.05) is 43.1 Å². The first-order valence-electron chi connectivity index (χ1n) is 8.52. The Morgan fingerprint density at radius 1 is 0.840 bits per heavy atom. The Hall–Kier alpha value is -2.95. The summed E-state index contributed by atoms with van der Waals surface area (Å²) in [6, 6.07) is 19.7. The molecule has 0 aliphatic carbocycles. The number of para-hydroxylation sites is 3. The van der Waals surface area contributed by atoms with Crippen LogP contribution in [0.1, 0.15) is 0 Å². The molecular weight excluding hydrogens is 314 g/mol. The normalized spacial score (nSPS) is 14.8. The zero-order chi connectivity index (χ0) is 17.2. The highest BCUT2D eigenvalue weighted by Crippen LogP contribution is 2.29. The number of hydrogen-bond donors (Lipinski definition) is 0. The maximum Gasteiger partial charge on any atom is 0.280 e. The molecule has 25 heavy (non-hydrogen) atoms. The Labute approximate surface area is 147 Å². The van der Waals surface area contributed by atoms with Gasteiger partial charge in [-0.25, -0.2) is 4.73 Å². The van der Waals surface area contributed by atoms with Crippen LogP contribution < -0.4 is 19.3 Å². The van der Waals surface area contributed by atoms with Gasteiger partial charge in [-0.1, -0.05) is 30.3 Å². The van der Waals surface area contributed by atoms with E-state index in [0.717, 1.165) is 53.6 Å². The minimum absolute atomic E-state index is 0.715.